The van der Waals surface area contributed by atoms with Gasteiger partial charge in [-0.05, 0) is 25.1 Å². The number of aromatic nitrogens is 2. The van der Waals surface area contributed by atoms with E-state index in [0.29, 0.717) is 23.0 Å². The number of benzene rings is 1. The maximum Gasteiger partial charge on any atom is 0.305 e. The van der Waals surface area contributed by atoms with E-state index in [1.54, 1.807) is 38.1 Å². The fourth-order valence-corrected chi connectivity index (χ4v) is 1.90. The molecule has 23 heavy (non-hydrogen) atoms. The Morgan fingerprint density at radius 1 is 1.43 bits per heavy atom. The monoisotopic (exact) mass is 319 g/mol. The third kappa shape index (κ3) is 5.10. The summed E-state index contributed by atoms with van der Waals surface area (Å²) < 4.78 is 10.3. The van der Waals surface area contributed by atoms with Crippen LogP contribution in [0.5, 0.6) is 5.75 Å². The van der Waals surface area contributed by atoms with Crippen LogP contribution in [0.1, 0.15) is 35.4 Å². The molecule has 1 amide bonds. The quantitative estimate of drug-likeness (QED) is 0.795. The SMILES string of the molecule is Cc1nc(COc2cccc(C(=O)NC(C)CC(=O)O)c2)no1. The summed E-state index contributed by atoms with van der Waals surface area (Å²) >= 11 is 0. The van der Waals surface area contributed by atoms with Crippen LogP contribution in [0.25, 0.3) is 0 Å². The van der Waals surface area contributed by atoms with Crippen LogP contribution in [-0.4, -0.2) is 33.2 Å². The van der Waals surface area contributed by atoms with Gasteiger partial charge >= 0.3 is 5.97 Å². The zero-order chi connectivity index (χ0) is 16.8. The molecule has 0 aliphatic carbocycles. The largest absolute Gasteiger partial charge is 0.485 e. The number of hydrogen-bond donors (Lipinski definition) is 2. The molecule has 1 aromatic heterocycles. The molecular weight excluding hydrogens is 302 g/mol. The summed E-state index contributed by atoms with van der Waals surface area (Å²) in [6.07, 6.45) is -0.140. The summed E-state index contributed by atoms with van der Waals surface area (Å²) in [5.74, 6) is 0.00691. The summed E-state index contributed by atoms with van der Waals surface area (Å²) in [5, 5.41) is 15.0. The Balaban J connectivity index is 1.95. The number of aliphatic carboxylic acids is 1. The van der Waals surface area contributed by atoms with Gasteiger partial charge < -0.3 is 19.7 Å². The van der Waals surface area contributed by atoms with Gasteiger partial charge in [-0.1, -0.05) is 11.2 Å². The fourth-order valence-electron chi connectivity index (χ4n) is 1.90. The predicted octanol–water partition coefficient (Wildman–Crippen LogP) is 1.55. The van der Waals surface area contributed by atoms with Crippen LogP contribution < -0.4 is 10.1 Å². The number of ether oxygens (including phenoxy) is 1. The highest BCUT2D eigenvalue weighted by Crippen LogP contribution is 2.15. The van der Waals surface area contributed by atoms with Crippen LogP contribution >= 0.6 is 0 Å². The van der Waals surface area contributed by atoms with Gasteiger partial charge in [-0.15, -0.1) is 0 Å². The zero-order valence-corrected chi connectivity index (χ0v) is 12.8. The van der Waals surface area contributed by atoms with Crippen LogP contribution in [0.3, 0.4) is 0 Å². The van der Waals surface area contributed by atoms with E-state index in [-0.39, 0.29) is 18.9 Å². The molecular formula is C15H17N3O5. The lowest BCUT2D eigenvalue weighted by Crippen LogP contribution is -2.34. The molecule has 1 unspecified atom stereocenters. The molecule has 0 aliphatic rings. The summed E-state index contributed by atoms with van der Waals surface area (Å²) in [5.41, 5.74) is 0.379. The van der Waals surface area contributed by atoms with Crippen LogP contribution in [-0.2, 0) is 11.4 Å². The molecule has 1 atom stereocenters. The molecule has 1 aromatic carbocycles. The molecule has 2 N–H and O–H groups in total. The maximum absolute atomic E-state index is 12.1. The number of aryl methyl sites for hydroxylation is 1. The highest BCUT2D eigenvalue weighted by Gasteiger charge is 2.13. The summed E-state index contributed by atoms with van der Waals surface area (Å²) in [4.78, 5) is 26.7. The van der Waals surface area contributed by atoms with Crippen LogP contribution in [0.15, 0.2) is 28.8 Å². The molecule has 0 saturated heterocycles. The van der Waals surface area contributed by atoms with Crippen molar-refractivity contribution in [2.75, 3.05) is 0 Å². The Labute approximate surface area is 132 Å². The van der Waals surface area contributed by atoms with Gasteiger partial charge in [0.05, 0.1) is 6.42 Å². The smallest absolute Gasteiger partial charge is 0.305 e. The molecule has 8 heteroatoms. The third-order valence-corrected chi connectivity index (χ3v) is 2.89. The average molecular weight is 319 g/mol. The average Bonchev–Trinajstić information content (AvgIpc) is 2.90. The Morgan fingerprint density at radius 2 is 2.22 bits per heavy atom. The van der Waals surface area contributed by atoms with Gasteiger partial charge in [0.15, 0.2) is 6.61 Å². The van der Waals surface area contributed by atoms with Crippen LogP contribution in [0.2, 0.25) is 0 Å². The van der Waals surface area contributed by atoms with Gasteiger partial charge in [0.1, 0.15) is 5.75 Å². The first-order valence-electron chi connectivity index (χ1n) is 6.98. The van der Waals surface area contributed by atoms with E-state index < -0.39 is 12.0 Å². The maximum atomic E-state index is 12.1. The van der Waals surface area contributed by atoms with E-state index in [1.807, 2.05) is 0 Å². The second-order valence-electron chi connectivity index (χ2n) is 5.02. The lowest BCUT2D eigenvalue weighted by Gasteiger charge is -2.12. The number of carbonyl (C=O) groups is 2. The first kappa shape index (κ1) is 16.5. The summed E-state index contributed by atoms with van der Waals surface area (Å²) in [7, 11) is 0. The molecule has 0 bridgehead atoms. The van der Waals surface area contributed by atoms with Crippen molar-refractivity contribution in [2.45, 2.75) is 32.9 Å². The first-order valence-corrected chi connectivity index (χ1v) is 6.98. The second-order valence-corrected chi connectivity index (χ2v) is 5.02. The minimum absolute atomic E-state index is 0.123. The molecule has 2 aromatic rings. The van der Waals surface area contributed by atoms with Gasteiger partial charge in [0.2, 0.25) is 11.7 Å². The Bertz CT molecular complexity index is 698. The highest BCUT2D eigenvalue weighted by atomic mass is 16.5. The van der Waals surface area contributed by atoms with E-state index in [1.165, 1.54) is 0 Å². The van der Waals surface area contributed by atoms with Crippen LogP contribution in [0, 0.1) is 6.92 Å². The molecule has 0 aliphatic heterocycles. The molecule has 1 heterocycles. The number of nitrogens with one attached hydrogen (secondary N) is 1. The van der Waals surface area contributed by atoms with E-state index >= 15 is 0 Å². The van der Waals surface area contributed by atoms with Crippen LogP contribution in [0.4, 0.5) is 0 Å². The Kier molecular flexibility index (Phi) is 5.29. The second kappa shape index (κ2) is 7.39. The van der Waals surface area contributed by atoms with E-state index in [0.717, 1.165) is 0 Å². The number of amides is 1. The number of carboxylic acids is 1. The molecule has 0 radical (unpaired) electrons. The van der Waals surface area contributed by atoms with E-state index in [2.05, 4.69) is 15.5 Å². The zero-order valence-electron chi connectivity index (χ0n) is 12.8. The predicted molar refractivity (Wildman–Crippen MR) is 79.0 cm³/mol. The van der Waals surface area contributed by atoms with Gasteiger partial charge in [-0.2, -0.15) is 4.98 Å². The van der Waals surface area contributed by atoms with Crippen molar-refractivity contribution in [3.8, 4) is 5.75 Å². The van der Waals surface area contributed by atoms with Crippen molar-refractivity contribution in [1.82, 2.24) is 15.5 Å². The number of carboxylic acid groups (broad SMARTS) is 1. The Hall–Kier alpha value is -2.90. The van der Waals surface area contributed by atoms with Crippen molar-refractivity contribution >= 4 is 11.9 Å². The molecule has 0 spiro atoms. The van der Waals surface area contributed by atoms with Gasteiger partial charge in [0.25, 0.3) is 5.91 Å². The number of nitrogens with zero attached hydrogens (tertiary/aromatic N) is 2. The highest BCUT2D eigenvalue weighted by molar-refractivity contribution is 5.94. The van der Waals surface area contributed by atoms with Gasteiger partial charge in [-0.3, -0.25) is 9.59 Å². The van der Waals surface area contributed by atoms with Crippen molar-refractivity contribution in [3.63, 3.8) is 0 Å². The Morgan fingerprint density at radius 3 is 2.87 bits per heavy atom. The molecule has 8 nitrogen and oxygen atoms in total. The third-order valence-electron chi connectivity index (χ3n) is 2.89. The van der Waals surface area contributed by atoms with E-state index in [4.69, 9.17) is 14.4 Å². The lowest BCUT2D eigenvalue weighted by atomic mass is 10.1. The van der Waals surface area contributed by atoms with Gasteiger partial charge in [0, 0.05) is 18.5 Å². The molecule has 122 valence electrons. The standard InChI is InChI=1S/C15H17N3O5/c1-9(6-14(19)20)16-15(21)11-4-3-5-12(7-11)22-8-13-17-10(2)23-18-13/h3-5,7,9H,6,8H2,1-2H3,(H,16,21)(H,19,20). The van der Waals surface area contributed by atoms with E-state index in [9.17, 15) is 9.59 Å². The summed E-state index contributed by atoms with van der Waals surface area (Å²) in [6, 6.07) is 6.09. The molecule has 0 fully saturated rings. The van der Waals surface area contributed by atoms with Crippen molar-refractivity contribution in [3.05, 3.63) is 41.5 Å². The topological polar surface area (TPSA) is 115 Å². The van der Waals surface area contributed by atoms with Crippen molar-refractivity contribution in [2.24, 2.45) is 0 Å². The normalized spacial score (nSPS) is 11.7. The first-order chi connectivity index (χ1) is 10.9. The van der Waals surface area contributed by atoms with Crippen molar-refractivity contribution < 1.29 is 24.0 Å². The van der Waals surface area contributed by atoms with Gasteiger partial charge in [-0.25, -0.2) is 0 Å². The minimum atomic E-state index is -0.967. The number of carbonyl (C=O) groups excluding carboxylic acids is 1. The van der Waals surface area contributed by atoms with Crippen molar-refractivity contribution in [1.29, 1.82) is 0 Å². The molecule has 2 rings (SSSR count). The molecule has 0 saturated carbocycles. The fraction of sp³-hybridized carbons (Fsp3) is 0.333. The number of rotatable bonds is 7. The lowest BCUT2D eigenvalue weighted by molar-refractivity contribution is -0.137. The summed E-state index contributed by atoms with van der Waals surface area (Å²) in [6.45, 7) is 3.43. The minimum Gasteiger partial charge on any atom is -0.485 e. The number of hydrogen-bond acceptors (Lipinski definition) is 6.